The van der Waals surface area contributed by atoms with Crippen LogP contribution in [0.1, 0.15) is 38.8 Å². The van der Waals surface area contributed by atoms with Crippen LogP contribution in [0.2, 0.25) is 5.15 Å². The van der Waals surface area contributed by atoms with Gasteiger partial charge in [-0.3, -0.25) is 0 Å². The molecule has 4 aromatic rings. The zero-order valence-corrected chi connectivity index (χ0v) is 43.1. The molecule has 398 valence electrons. The van der Waals surface area contributed by atoms with E-state index in [-0.39, 0.29) is 28.4 Å². The van der Waals surface area contributed by atoms with Crippen molar-refractivity contribution in [2.45, 2.75) is 51.2 Å². The third-order valence-corrected chi connectivity index (χ3v) is 12.8. The second-order valence-electron chi connectivity index (χ2n) is 18.5. The van der Waals surface area contributed by atoms with Crippen LogP contribution in [0, 0.1) is 0 Å². The highest BCUT2D eigenvalue weighted by atomic mass is 35.5. The molecule has 0 aliphatic carbocycles. The highest BCUT2D eigenvalue weighted by molar-refractivity contribution is 6.75. The lowest BCUT2D eigenvalue weighted by molar-refractivity contribution is -0.137. The zero-order chi connectivity index (χ0) is 53.8. The summed E-state index contributed by atoms with van der Waals surface area (Å²) in [6.07, 6.45) is -5.48. The highest BCUT2D eigenvalue weighted by Crippen LogP contribution is 2.40. The molecule has 0 spiro atoms. The van der Waals surface area contributed by atoms with Crippen LogP contribution in [-0.2, 0) is 40.6 Å². The van der Waals surface area contributed by atoms with Gasteiger partial charge in [0.05, 0.1) is 87.2 Å². The Labute approximate surface area is 436 Å². The molecule has 5 aliphatic heterocycles. The number of pyridine rings is 4. The highest BCUT2D eigenvalue weighted by Gasteiger charge is 2.54. The number of aromatic nitrogens is 4. The van der Waals surface area contributed by atoms with Gasteiger partial charge in [0.25, 0.3) is 0 Å². The Morgan fingerprint density at radius 1 is 0.635 bits per heavy atom. The second kappa shape index (κ2) is 25.6. The number of morpholine rings is 4. The van der Waals surface area contributed by atoms with Crippen molar-refractivity contribution in [3.05, 3.63) is 65.1 Å². The molecule has 5 saturated heterocycles. The SMILES string of the molecule is CN(C)C=Nc1cc(C(F)(F)F)c(B2OC(C)(C)C(C)(C)O2)cn1.Clc1cc(N2CCOCC2)cc(N2CCOCC2)n1.Nc1cc(C(F)(F)F)c(-c2cc(N3CCOCC3)cc(N3CCOCC3)n2)cn1.[B][B]. The monoisotopic (exact) mass is 1060 g/mol. The lowest BCUT2D eigenvalue weighted by Crippen LogP contribution is -2.41. The molecule has 9 rings (SSSR count). The molecule has 0 amide bonds. The summed E-state index contributed by atoms with van der Waals surface area (Å²) in [7, 11) is 10.3. The molecular weight excluding hydrogens is 996 g/mol. The Morgan fingerprint density at radius 2 is 1.08 bits per heavy atom. The van der Waals surface area contributed by atoms with Gasteiger partial charge in [0.15, 0.2) is 5.82 Å². The average Bonchev–Trinajstić information content (AvgIpc) is 3.61. The lowest BCUT2D eigenvalue weighted by Gasteiger charge is -2.32. The van der Waals surface area contributed by atoms with Gasteiger partial charge in [-0.15, -0.1) is 0 Å². The lowest BCUT2D eigenvalue weighted by atomic mass is 9.77. The van der Waals surface area contributed by atoms with Crippen LogP contribution in [0.4, 0.5) is 61.0 Å². The van der Waals surface area contributed by atoms with Crippen LogP contribution in [-0.4, -0.2) is 184 Å². The van der Waals surface area contributed by atoms with Crippen molar-refractivity contribution in [1.29, 1.82) is 0 Å². The molecule has 0 aromatic carbocycles. The number of aliphatic imine (C=N–C) groups is 1. The van der Waals surface area contributed by atoms with Crippen molar-refractivity contribution in [2.24, 2.45) is 4.99 Å². The van der Waals surface area contributed by atoms with Gasteiger partial charge in [-0.05, 0) is 52.0 Å². The molecule has 17 nitrogen and oxygen atoms in total. The van der Waals surface area contributed by atoms with E-state index in [1.807, 2.05) is 17.0 Å². The van der Waals surface area contributed by atoms with Gasteiger partial charge in [0.1, 0.15) is 22.6 Å². The largest absolute Gasteiger partial charge is 0.497 e. The van der Waals surface area contributed by atoms with Gasteiger partial charge < -0.3 is 58.5 Å². The fourth-order valence-electron chi connectivity index (χ4n) is 8.04. The molecule has 0 bridgehead atoms. The van der Waals surface area contributed by atoms with Crippen molar-refractivity contribution < 1.29 is 54.6 Å². The van der Waals surface area contributed by atoms with Crippen LogP contribution in [0.25, 0.3) is 11.3 Å². The molecule has 5 aliphatic rings. The average molecular weight is 1060 g/mol. The molecule has 5 fully saturated rings. The third kappa shape index (κ3) is 15.5. The smallest absolute Gasteiger partial charge is 0.399 e. The molecule has 0 atom stereocenters. The Kier molecular flexibility index (Phi) is 20.1. The summed E-state index contributed by atoms with van der Waals surface area (Å²) in [5, 5.41) is 0.547. The first-order valence-electron chi connectivity index (χ1n) is 23.9. The van der Waals surface area contributed by atoms with E-state index < -0.39 is 41.8 Å². The van der Waals surface area contributed by atoms with Crippen LogP contribution in [0.3, 0.4) is 0 Å². The van der Waals surface area contributed by atoms with Gasteiger partial charge in [-0.1, -0.05) is 11.6 Å². The van der Waals surface area contributed by atoms with E-state index in [2.05, 4.69) is 61.2 Å². The van der Waals surface area contributed by atoms with Crippen molar-refractivity contribution in [2.75, 3.05) is 145 Å². The summed E-state index contributed by atoms with van der Waals surface area (Å²) < 4.78 is 114. The molecule has 4 radical (unpaired) electrons. The van der Waals surface area contributed by atoms with Crippen molar-refractivity contribution >= 4 is 80.6 Å². The van der Waals surface area contributed by atoms with Crippen LogP contribution in [0.5, 0.6) is 0 Å². The van der Waals surface area contributed by atoms with Gasteiger partial charge >= 0.3 is 19.5 Å². The van der Waals surface area contributed by atoms with E-state index in [0.717, 1.165) is 94.3 Å². The van der Waals surface area contributed by atoms with E-state index >= 15 is 0 Å². The molecule has 2 N–H and O–H groups in total. The minimum Gasteiger partial charge on any atom is -0.399 e. The van der Waals surface area contributed by atoms with Crippen LogP contribution in [0.15, 0.2) is 53.8 Å². The quantitative estimate of drug-likeness (QED) is 0.0754. The Morgan fingerprint density at radius 3 is 1.54 bits per heavy atom. The van der Waals surface area contributed by atoms with E-state index in [9.17, 15) is 26.3 Å². The summed E-state index contributed by atoms with van der Waals surface area (Å²) in [4.78, 5) is 31.0. The number of ether oxygens (including phenoxy) is 4. The number of nitrogens with two attached hydrogens (primary N) is 1. The molecule has 0 unspecified atom stereocenters. The maximum absolute atomic E-state index is 13.7. The number of anilines is 5. The van der Waals surface area contributed by atoms with E-state index in [1.54, 1.807) is 52.8 Å². The first-order valence-corrected chi connectivity index (χ1v) is 24.3. The molecule has 27 heteroatoms. The predicted octanol–water partition coefficient (Wildman–Crippen LogP) is 5.69. The summed E-state index contributed by atoms with van der Waals surface area (Å²) in [5.41, 5.74) is 4.27. The molecule has 9 heterocycles. The third-order valence-electron chi connectivity index (χ3n) is 12.6. The van der Waals surface area contributed by atoms with Gasteiger partial charge in [-0.25, -0.2) is 24.9 Å². The normalized spacial score (nSPS) is 19.0. The predicted molar refractivity (Wildman–Crippen MR) is 277 cm³/mol. The maximum Gasteiger partial charge on any atom is 0.497 e. The van der Waals surface area contributed by atoms with Gasteiger partial charge in [-0.2, -0.15) is 26.3 Å². The van der Waals surface area contributed by atoms with Crippen LogP contribution < -0.4 is 30.8 Å². The molecule has 4 aromatic heterocycles. The Balaban J connectivity index is 0.000000181. The number of halogens is 7. The van der Waals surface area contributed by atoms with E-state index in [1.165, 1.54) is 6.34 Å². The summed E-state index contributed by atoms with van der Waals surface area (Å²) in [6.45, 7) is 18.6. The molecule has 0 saturated carbocycles. The zero-order valence-electron chi connectivity index (χ0n) is 42.4. The van der Waals surface area contributed by atoms with Crippen molar-refractivity contribution in [1.82, 2.24) is 24.8 Å². The minimum atomic E-state index is -4.57. The fourth-order valence-corrected chi connectivity index (χ4v) is 8.24. The number of hydrogen-bond donors (Lipinski definition) is 1. The maximum atomic E-state index is 13.7. The summed E-state index contributed by atoms with van der Waals surface area (Å²) >= 11 is 6.16. The summed E-state index contributed by atoms with van der Waals surface area (Å²) in [5.74, 6) is 1.35. The number of rotatable bonds is 8. The van der Waals surface area contributed by atoms with Gasteiger partial charge in [0, 0.05) is 129 Å². The topological polar surface area (TPSA) is 162 Å². The second-order valence-corrected chi connectivity index (χ2v) is 18.9. The van der Waals surface area contributed by atoms with Gasteiger partial charge in [0.2, 0.25) is 0 Å². The number of nitrogen functional groups attached to an aromatic ring is 1. The number of hydrogen-bond acceptors (Lipinski definition) is 16. The fraction of sp³-hybridized carbons (Fsp3) is 0.553. The van der Waals surface area contributed by atoms with Crippen LogP contribution >= 0.6 is 11.6 Å². The summed E-state index contributed by atoms with van der Waals surface area (Å²) in [6, 6.07) is 9.39. The van der Waals surface area contributed by atoms with E-state index in [0.29, 0.717) is 63.6 Å². The standard InChI is InChI=1S/C19H22F3N5O2.C15H21BF3N3O2.C13H18ClN3O2.B2/c20-19(21,22)15-11-17(23)24-12-14(15)16-9-13(26-1-5-28-6-2-26)10-18(25-16)27-3-7-29-8-4-27;1-13(2)14(3,4)24-16(23-13)11-8-20-12(21-9-22(5)6)7-10(11)15(17,18)19;14-12-9-11(16-1-5-18-6-2-16)10-13(15-12)17-3-7-19-8-4-17;1-2/h9-12H,1-8H2,(H2,23,24);7-9H,1-6H3;9-10H,1-8H2;. The first-order chi connectivity index (χ1) is 35.1. The van der Waals surface area contributed by atoms with Crippen molar-refractivity contribution in [3.8, 4) is 11.3 Å². The Hall–Kier alpha value is -5.11. The minimum absolute atomic E-state index is 0.0312. The molecular formula is C47H61B3ClF6N11O6. The number of nitrogens with zero attached hydrogens (tertiary/aromatic N) is 10. The first kappa shape index (κ1) is 58.2. The number of alkyl halides is 6. The van der Waals surface area contributed by atoms with E-state index in [4.69, 9.17) is 45.6 Å². The molecule has 74 heavy (non-hydrogen) atoms. The van der Waals surface area contributed by atoms with Crippen molar-refractivity contribution in [3.63, 3.8) is 0 Å². The Bertz CT molecular complexity index is 2390.